The molecule has 0 aliphatic heterocycles. The number of aryl methyl sites for hydroxylation is 1. The van der Waals surface area contributed by atoms with E-state index in [1.807, 2.05) is 4.57 Å². The Kier molecular flexibility index (Phi) is 6.12. The molecule has 0 radical (unpaired) electrons. The van der Waals surface area contributed by atoms with Gasteiger partial charge in [-0.05, 0) is 37.8 Å². The van der Waals surface area contributed by atoms with E-state index in [2.05, 4.69) is 9.97 Å². The number of carbonyl (C=O) groups is 1. The summed E-state index contributed by atoms with van der Waals surface area (Å²) < 4.78 is 77.5. The van der Waals surface area contributed by atoms with Crippen LogP contribution >= 0.6 is 11.6 Å². The van der Waals surface area contributed by atoms with Crippen LogP contribution in [-0.2, 0) is 11.2 Å². The van der Waals surface area contributed by atoms with Crippen molar-refractivity contribution in [2.45, 2.75) is 63.3 Å². The number of rotatable bonds is 7. The smallest absolute Gasteiger partial charge is 0.310 e. The Balaban J connectivity index is 1.67. The summed E-state index contributed by atoms with van der Waals surface area (Å²) in [5.74, 6) is -4.10. The van der Waals surface area contributed by atoms with E-state index in [9.17, 15) is 31.1 Å². The lowest BCUT2D eigenvalue weighted by Gasteiger charge is -2.28. The van der Waals surface area contributed by atoms with Crippen LogP contribution in [0.4, 0.5) is 26.3 Å². The SMILES string of the molecule is O=C(CCCc1nc2ccc(Cl)nc2n1C1CCC1)CC(C(F)(F)F)C(F)(F)F. The van der Waals surface area contributed by atoms with Crippen LogP contribution in [0.2, 0.25) is 5.15 Å². The lowest BCUT2D eigenvalue weighted by Crippen LogP contribution is -2.38. The third-order valence-corrected chi connectivity index (χ3v) is 5.30. The first-order chi connectivity index (χ1) is 13.5. The van der Waals surface area contributed by atoms with Gasteiger partial charge in [0, 0.05) is 25.3 Å². The number of imidazole rings is 1. The van der Waals surface area contributed by atoms with Crippen molar-refractivity contribution in [3.8, 4) is 0 Å². The van der Waals surface area contributed by atoms with Crippen molar-refractivity contribution >= 4 is 28.5 Å². The molecule has 0 saturated heterocycles. The first kappa shape index (κ1) is 21.9. The van der Waals surface area contributed by atoms with Crippen molar-refractivity contribution in [1.29, 1.82) is 0 Å². The quantitative estimate of drug-likeness (QED) is 0.401. The van der Waals surface area contributed by atoms with Gasteiger partial charge in [-0.15, -0.1) is 0 Å². The number of halogens is 7. The summed E-state index contributed by atoms with van der Waals surface area (Å²) in [7, 11) is 0. The van der Waals surface area contributed by atoms with Crippen molar-refractivity contribution in [2.75, 3.05) is 0 Å². The summed E-state index contributed by atoms with van der Waals surface area (Å²) in [6, 6.07) is 3.46. The first-order valence-electron chi connectivity index (χ1n) is 9.15. The van der Waals surface area contributed by atoms with Crippen LogP contribution in [0, 0.1) is 5.92 Å². The van der Waals surface area contributed by atoms with Gasteiger partial charge in [0.2, 0.25) is 0 Å². The number of fused-ring (bicyclic) bond motifs is 1. The lowest BCUT2D eigenvalue weighted by molar-refractivity contribution is -0.284. The van der Waals surface area contributed by atoms with Gasteiger partial charge in [-0.3, -0.25) is 4.79 Å². The fourth-order valence-electron chi connectivity index (χ4n) is 3.39. The van der Waals surface area contributed by atoms with Crippen LogP contribution in [0.15, 0.2) is 12.1 Å². The van der Waals surface area contributed by atoms with Gasteiger partial charge in [0.15, 0.2) is 11.6 Å². The average molecular weight is 442 g/mol. The van der Waals surface area contributed by atoms with E-state index < -0.39 is 30.5 Å². The molecular weight excluding hydrogens is 424 g/mol. The van der Waals surface area contributed by atoms with Crippen LogP contribution in [0.5, 0.6) is 0 Å². The van der Waals surface area contributed by atoms with Gasteiger partial charge in [0.05, 0.1) is 0 Å². The topological polar surface area (TPSA) is 47.8 Å². The Morgan fingerprint density at radius 1 is 1.14 bits per heavy atom. The van der Waals surface area contributed by atoms with Gasteiger partial charge in [0.1, 0.15) is 22.3 Å². The van der Waals surface area contributed by atoms with Gasteiger partial charge in [-0.1, -0.05) is 11.6 Å². The molecule has 2 aromatic heterocycles. The van der Waals surface area contributed by atoms with E-state index in [0.29, 0.717) is 22.1 Å². The second-order valence-electron chi connectivity index (χ2n) is 7.19. The molecule has 29 heavy (non-hydrogen) atoms. The van der Waals surface area contributed by atoms with Crippen molar-refractivity contribution < 1.29 is 31.1 Å². The Bertz CT molecular complexity index is 874. The van der Waals surface area contributed by atoms with Gasteiger partial charge >= 0.3 is 12.4 Å². The van der Waals surface area contributed by atoms with Gasteiger partial charge in [0.25, 0.3) is 0 Å². The number of carbonyl (C=O) groups excluding carboxylic acids is 1. The van der Waals surface area contributed by atoms with Gasteiger partial charge in [-0.2, -0.15) is 26.3 Å². The first-order valence-corrected chi connectivity index (χ1v) is 9.53. The maximum absolute atomic E-state index is 12.6. The normalized spacial score (nSPS) is 15.9. The Labute approximate surface area is 167 Å². The lowest BCUT2D eigenvalue weighted by atomic mass is 9.92. The number of ketones is 1. The minimum atomic E-state index is -5.50. The highest BCUT2D eigenvalue weighted by Crippen LogP contribution is 2.41. The highest BCUT2D eigenvalue weighted by atomic mass is 35.5. The number of alkyl halides is 6. The highest BCUT2D eigenvalue weighted by Gasteiger charge is 2.56. The number of nitrogens with zero attached hydrogens (tertiary/aromatic N) is 3. The molecule has 1 aliphatic carbocycles. The molecule has 1 aliphatic rings. The van der Waals surface area contributed by atoms with Crippen LogP contribution in [-0.4, -0.2) is 32.7 Å². The number of pyridine rings is 1. The van der Waals surface area contributed by atoms with Crippen LogP contribution in [0.3, 0.4) is 0 Å². The molecule has 3 rings (SSSR count). The fraction of sp³-hybridized carbons (Fsp3) is 0.611. The van der Waals surface area contributed by atoms with Crippen molar-refractivity contribution in [3.63, 3.8) is 0 Å². The summed E-state index contributed by atoms with van der Waals surface area (Å²) in [6.45, 7) is 0. The van der Waals surface area contributed by atoms with Gasteiger partial charge < -0.3 is 4.57 Å². The molecule has 0 N–H and O–H groups in total. The molecule has 0 amide bonds. The molecule has 2 aromatic rings. The molecule has 2 heterocycles. The second-order valence-corrected chi connectivity index (χ2v) is 7.58. The van der Waals surface area contributed by atoms with E-state index in [1.165, 1.54) is 0 Å². The molecule has 11 heteroatoms. The van der Waals surface area contributed by atoms with E-state index >= 15 is 0 Å². The summed E-state index contributed by atoms with van der Waals surface area (Å²) in [4.78, 5) is 20.5. The standard InChI is InChI=1S/C18H18ClF6N3O/c19-14-8-7-12-16(27-14)28(10-3-1-4-10)15(26-12)6-2-5-11(29)9-13(17(20,21)22)18(23,24)25/h7-8,10,13H,1-6,9H2. The number of Topliss-reactive ketones (excluding diaryl/α,β-unsaturated/α-hetero) is 1. The van der Waals surface area contributed by atoms with Crippen LogP contribution in [0.1, 0.15) is 50.4 Å². The number of hydrogen-bond donors (Lipinski definition) is 0. The van der Waals surface area contributed by atoms with Crippen LogP contribution in [0.25, 0.3) is 11.2 Å². The van der Waals surface area contributed by atoms with Gasteiger partial charge in [-0.25, -0.2) is 9.97 Å². The Morgan fingerprint density at radius 2 is 1.79 bits per heavy atom. The predicted octanol–water partition coefficient (Wildman–Crippen LogP) is 5.83. The molecule has 0 bridgehead atoms. The zero-order valence-corrected chi connectivity index (χ0v) is 15.9. The highest BCUT2D eigenvalue weighted by molar-refractivity contribution is 6.29. The summed E-state index contributed by atoms with van der Waals surface area (Å²) in [5.41, 5.74) is 1.20. The van der Waals surface area contributed by atoms with Crippen molar-refractivity contribution in [3.05, 3.63) is 23.1 Å². The van der Waals surface area contributed by atoms with Crippen molar-refractivity contribution in [2.24, 2.45) is 5.92 Å². The summed E-state index contributed by atoms with van der Waals surface area (Å²) >= 11 is 5.95. The molecule has 0 atom stereocenters. The van der Waals surface area contributed by atoms with E-state index in [0.717, 1.165) is 19.3 Å². The number of aromatic nitrogens is 3. The average Bonchev–Trinajstić information content (AvgIpc) is 2.87. The molecule has 160 valence electrons. The molecule has 0 unspecified atom stereocenters. The second kappa shape index (κ2) is 8.12. The minimum Gasteiger partial charge on any atom is -0.310 e. The molecule has 0 aromatic carbocycles. The Hall–Kier alpha value is -1.84. The van der Waals surface area contributed by atoms with E-state index in [1.54, 1.807) is 12.1 Å². The third kappa shape index (κ3) is 5.02. The van der Waals surface area contributed by atoms with Crippen molar-refractivity contribution in [1.82, 2.24) is 14.5 Å². The zero-order chi connectivity index (χ0) is 21.4. The largest absolute Gasteiger partial charge is 0.400 e. The molecule has 0 spiro atoms. The Morgan fingerprint density at radius 3 is 2.34 bits per heavy atom. The third-order valence-electron chi connectivity index (χ3n) is 5.09. The molecule has 4 nitrogen and oxygen atoms in total. The van der Waals surface area contributed by atoms with E-state index in [-0.39, 0.29) is 25.3 Å². The monoisotopic (exact) mass is 441 g/mol. The molecular formula is C18H18ClF6N3O. The predicted molar refractivity (Wildman–Crippen MR) is 93.6 cm³/mol. The maximum atomic E-state index is 12.6. The fourth-order valence-corrected chi connectivity index (χ4v) is 3.54. The zero-order valence-electron chi connectivity index (χ0n) is 15.2. The van der Waals surface area contributed by atoms with E-state index in [4.69, 9.17) is 11.6 Å². The van der Waals surface area contributed by atoms with Crippen LogP contribution < -0.4 is 0 Å². The minimum absolute atomic E-state index is 0.102. The maximum Gasteiger partial charge on any atom is 0.400 e. The number of hydrogen-bond acceptors (Lipinski definition) is 3. The summed E-state index contributed by atoms with van der Waals surface area (Å²) in [5, 5.41) is 0.296. The molecule has 1 fully saturated rings. The summed E-state index contributed by atoms with van der Waals surface area (Å²) in [6.07, 6.45) is -9.75. The molecule has 1 saturated carbocycles.